The normalized spacial score (nSPS) is 12.9. The van der Waals surface area contributed by atoms with E-state index in [-0.39, 0.29) is 6.61 Å². The highest BCUT2D eigenvalue weighted by Gasteiger charge is 2.16. The molecule has 1 rings (SSSR count). The third kappa shape index (κ3) is 3.75. The Balaban J connectivity index is 3.24. The van der Waals surface area contributed by atoms with E-state index in [0.717, 1.165) is 0 Å². The number of benzene rings is 1. The number of carboxylic acids is 1. The minimum atomic E-state index is -1.61. The number of carboxylic acid groups (broad SMARTS) is 1. The van der Waals surface area contributed by atoms with Crippen LogP contribution >= 0.6 is 0 Å². The first-order valence-electron chi connectivity index (χ1n) is 6.94. The van der Waals surface area contributed by atoms with Crippen molar-refractivity contribution in [1.29, 1.82) is 0 Å². The fraction of sp³-hybridized carbons (Fsp3) is 0.231. The summed E-state index contributed by atoms with van der Waals surface area (Å²) in [4.78, 5) is 23.1. The number of ether oxygens (including phenoxy) is 1. The summed E-state index contributed by atoms with van der Waals surface area (Å²) in [6.07, 6.45) is 2.72. The number of unbranched alkanes of at least 4 members (excludes halogenated alkanes) is 1. The third-order valence-electron chi connectivity index (χ3n) is 1.89. The summed E-state index contributed by atoms with van der Waals surface area (Å²) in [5.74, 6) is -2.69. The number of carbonyl (C=O) groups excluding carboxylic acids is 1. The van der Waals surface area contributed by atoms with Crippen molar-refractivity contribution in [1.82, 2.24) is 0 Å². The molecule has 17 heavy (non-hydrogen) atoms. The van der Waals surface area contributed by atoms with E-state index in [2.05, 4.69) is 6.58 Å². The van der Waals surface area contributed by atoms with E-state index >= 15 is 0 Å². The maximum atomic E-state index is 11.9. The lowest BCUT2D eigenvalue weighted by Gasteiger charge is -2.06. The van der Waals surface area contributed by atoms with Gasteiger partial charge < -0.3 is 9.84 Å². The molecule has 0 atom stereocenters. The molecule has 4 nitrogen and oxygen atoms in total. The fourth-order valence-corrected chi connectivity index (χ4v) is 1.09. The number of allylic oxidation sites excluding steroid dienone is 1. The highest BCUT2D eigenvalue weighted by molar-refractivity contribution is 6.02. The van der Waals surface area contributed by atoms with Gasteiger partial charge in [0, 0.05) is 0 Å². The average molecular weight is 238 g/mol. The van der Waals surface area contributed by atoms with Crippen LogP contribution in [0, 0.1) is 0 Å². The molecule has 0 saturated heterocycles. The largest absolute Gasteiger partial charge is 0.478 e. The molecule has 1 aromatic carbocycles. The SMILES string of the molecule is [2H]c1c([2H])c([2H])c(C(=O)OCCCC=C)c(C(=O)O)c1[2H]. The first kappa shape index (κ1) is 8.06. The number of hydrogen-bond acceptors (Lipinski definition) is 3. The number of carbonyl (C=O) groups is 2. The Bertz CT molecular complexity index is 599. The quantitative estimate of drug-likeness (QED) is 0.470. The highest BCUT2D eigenvalue weighted by Crippen LogP contribution is 2.10. The van der Waals surface area contributed by atoms with Gasteiger partial charge in [-0.05, 0) is 24.9 Å². The minimum Gasteiger partial charge on any atom is -0.478 e. The van der Waals surface area contributed by atoms with Crippen LogP contribution in [0.15, 0.2) is 36.8 Å². The molecule has 4 heteroatoms. The molecule has 0 aromatic heterocycles. The molecule has 0 amide bonds. The van der Waals surface area contributed by atoms with E-state index in [9.17, 15) is 9.59 Å². The Morgan fingerprint density at radius 3 is 2.65 bits per heavy atom. The van der Waals surface area contributed by atoms with Gasteiger partial charge in [-0.15, -0.1) is 6.58 Å². The smallest absolute Gasteiger partial charge is 0.339 e. The molecular formula is C13H14O4. The Labute approximate surface area is 105 Å². The van der Waals surface area contributed by atoms with E-state index in [0.29, 0.717) is 12.8 Å². The van der Waals surface area contributed by atoms with Gasteiger partial charge in [-0.25, -0.2) is 9.59 Å². The van der Waals surface area contributed by atoms with Crippen molar-refractivity contribution in [2.75, 3.05) is 6.61 Å². The van der Waals surface area contributed by atoms with Gasteiger partial charge in [0.05, 0.1) is 23.2 Å². The second-order valence-electron chi connectivity index (χ2n) is 3.12. The zero-order valence-corrected chi connectivity index (χ0v) is 9.08. The lowest BCUT2D eigenvalue weighted by atomic mass is 10.1. The molecule has 0 saturated carbocycles. The van der Waals surface area contributed by atoms with Crippen LogP contribution in [0.5, 0.6) is 0 Å². The first-order valence-corrected chi connectivity index (χ1v) is 4.94. The topological polar surface area (TPSA) is 63.6 Å². The van der Waals surface area contributed by atoms with Crippen LogP contribution in [-0.4, -0.2) is 23.7 Å². The zero-order valence-electron chi connectivity index (χ0n) is 13.1. The third-order valence-corrected chi connectivity index (χ3v) is 1.89. The van der Waals surface area contributed by atoms with Crippen LogP contribution in [0.25, 0.3) is 0 Å². The van der Waals surface area contributed by atoms with Crippen LogP contribution in [0.2, 0.25) is 0 Å². The number of hydrogen-bond donors (Lipinski definition) is 1. The van der Waals surface area contributed by atoms with Gasteiger partial charge in [0.25, 0.3) is 0 Å². The molecule has 90 valence electrons. The van der Waals surface area contributed by atoms with Crippen molar-refractivity contribution in [3.63, 3.8) is 0 Å². The monoisotopic (exact) mass is 238 g/mol. The van der Waals surface area contributed by atoms with Gasteiger partial charge in [-0.2, -0.15) is 0 Å². The summed E-state index contributed by atoms with van der Waals surface area (Å²) in [5.41, 5.74) is -1.44. The molecule has 0 radical (unpaired) electrons. The summed E-state index contributed by atoms with van der Waals surface area (Å²) in [6.45, 7) is 3.51. The van der Waals surface area contributed by atoms with Crippen molar-refractivity contribution < 1.29 is 24.9 Å². The molecule has 0 unspecified atom stereocenters. The maximum absolute atomic E-state index is 11.9. The van der Waals surface area contributed by atoms with Crippen molar-refractivity contribution in [2.45, 2.75) is 12.8 Å². The predicted octanol–water partition coefficient (Wildman–Crippen LogP) is 2.51. The average Bonchev–Trinajstić information content (AvgIpc) is 2.44. The molecule has 0 fully saturated rings. The van der Waals surface area contributed by atoms with Crippen molar-refractivity contribution >= 4 is 11.9 Å². The van der Waals surface area contributed by atoms with Crippen molar-refractivity contribution in [3.8, 4) is 0 Å². The summed E-state index contributed by atoms with van der Waals surface area (Å²) < 4.78 is 35.0. The van der Waals surface area contributed by atoms with Crippen LogP contribution in [0.1, 0.15) is 39.0 Å². The van der Waals surface area contributed by atoms with Gasteiger partial charge in [0.1, 0.15) is 0 Å². The first-order chi connectivity index (χ1) is 9.82. The Morgan fingerprint density at radius 2 is 2.06 bits per heavy atom. The van der Waals surface area contributed by atoms with Gasteiger partial charge >= 0.3 is 11.9 Å². The Hall–Kier alpha value is -2.10. The summed E-state index contributed by atoms with van der Waals surface area (Å²) in [6, 6.07) is -2.88. The highest BCUT2D eigenvalue weighted by atomic mass is 16.5. The molecule has 0 heterocycles. The van der Waals surface area contributed by atoms with Gasteiger partial charge in [0.15, 0.2) is 0 Å². The lowest BCUT2D eigenvalue weighted by molar-refractivity contribution is 0.0491. The van der Waals surface area contributed by atoms with E-state index in [4.69, 9.17) is 15.3 Å². The molecule has 1 N–H and O–H groups in total. The van der Waals surface area contributed by atoms with E-state index in [1.807, 2.05) is 0 Å². The second-order valence-corrected chi connectivity index (χ2v) is 3.12. The second kappa shape index (κ2) is 6.48. The standard InChI is InChI=1S/C13H14O4/c1-2-3-6-9-17-13(16)11-8-5-4-7-10(11)12(14)15/h2,4-5,7-8H,1,3,6,9H2,(H,14,15)/i4D,5D,7D,8D. The van der Waals surface area contributed by atoms with E-state index < -0.39 is 47.2 Å². The fourth-order valence-electron chi connectivity index (χ4n) is 1.09. The summed E-state index contributed by atoms with van der Waals surface area (Å²) in [5, 5.41) is 9.08. The summed E-state index contributed by atoms with van der Waals surface area (Å²) >= 11 is 0. The van der Waals surface area contributed by atoms with Crippen molar-refractivity contribution in [2.24, 2.45) is 0 Å². The molecule has 0 aliphatic rings. The van der Waals surface area contributed by atoms with Crippen LogP contribution in [0.3, 0.4) is 0 Å². The van der Waals surface area contributed by atoms with E-state index in [1.165, 1.54) is 0 Å². The molecule has 1 aromatic rings. The predicted molar refractivity (Wildman–Crippen MR) is 63.1 cm³/mol. The number of aromatic carboxylic acids is 1. The van der Waals surface area contributed by atoms with Crippen LogP contribution in [-0.2, 0) is 4.74 Å². The van der Waals surface area contributed by atoms with E-state index in [1.54, 1.807) is 6.08 Å². The zero-order chi connectivity index (χ0) is 16.2. The summed E-state index contributed by atoms with van der Waals surface area (Å²) in [7, 11) is 0. The van der Waals surface area contributed by atoms with Gasteiger partial charge in [0.2, 0.25) is 0 Å². The van der Waals surface area contributed by atoms with Crippen LogP contribution < -0.4 is 0 Å². The molecule has 0 spiro atoms. The maximum Gasteiger partial charge on any atom is 0.339 e. The molecule has 0 aliphatic carbocycles. The minimum absolute atomic E-state index is 0.00659. The molecule has 0 bridgehead atoms. The lowest BCUT2D eigenvalue weighted by Crippen LogP contribution is -2.12. The Kier molecular flexibility index (Phi) is 3.07. The molecule has 0 aliphatic heterocycles. The van der Waals surface area contributed by atoms with Crippen molar-refractivity contribution in [3.05, 3.63) is 48.0 Å². The van der Waals surface area contributed by atoms with Gasteiger partial charge in [-0.1, -0.05) is 18.2 Å². The Morgan fingerprint density at radius 1 is 1.41 bits per heavy atom. The van der Waals surface area contributed by atoms with Gasteiger partial charge in [-0.3, -0.25) is 0 Å². The molecular weight excluding hydrogens is 220 g/mol. The number of esters is 1. The van der Waals surface area contributed by atoms with Crippen LogP contribution in [0.4, 0.5) is 0 Å². The number of rotatable bonds is 6.